The molecule has 0 aliphatic carbocycles. The minimum Gasteiger partial charge on any atom is -0.355 e. The smallest absolute Gasteiger partial charge is 0.129 e. The first kappa shape index (κ1) is 16.9. The summed E-state index contributed by atoms with van der Waals surface area (Å²) in [7, 11) is 1.90. The van der Waals surface area contributed by atoms with Gasteiger partial charge >= 0.3 is 0 Å². The van der Waals surface area contributed by atoms with E-state index in [0.717, 1.165) is 72.0 Å². The maximum Gasteiger partial charge on any atom is 0.129 e. The summed E-state index contributed by atoms with van der Waals surface area (Å²) in [4.78, 5) is 11.8. The zero-order valence-corrected chi connectivity index (χ0v) is 15.8. The van der Waals surface area contributed by atoms with Crippen LogP contribution in [0.4, 0.5) is 5.82 Å². The third kappa shape index (κ3) is 3.11. The van der Waals surface area contributed by atoms with E-state index in [0.29, 0.717) is 0 Å². The largest absolute Gasteiger partial charge is 0.355 e. The van der Waals surface area contributed by atoms with Crippen LogP contribution in [0, 0.1) is 0 Å². The average Bonchev–Trinajstić information content (AvgIpc) is 3.24. The van der Waals surface area contributed by atoms with Crippen molar-refractivity contribution in [1.29, 1.82) is 0 Å². The molecule has 1 aliphatic heterocycles. The van der Waals surface area contributed by atoms with Crippen LogP contribution < -0.4 is 10.2 Å². The van der Waals surface area contributed by atoms with E-state index < -0.39 is 0 Å². The third-order valence-electron chi connectivity index (χ3n) is 5.09. The molecule has 0 radical (unpaired) electrons. The molecule has 0 aromatic carbocycles. The average molecular weight is 374 g/mol. The van der Waals surface area contributed by atoms with E-state index in [1.54, 1.807) is 4.68 Å². The molecule has 0 saturated carbocycles. The molecule has 28 heavy (non-hydrogen) atoms. The van der Waals surface area contributed by atoms with Crippen LogP contribution in [0.2, 0.25) is 0 Å². The molecular weight excluding hydrogens is 352 g/mol. The first-order chi connectivity index (χ1) is 13.8. The molecule has 0 atom stereocenters. The Morgan fingerprint density at radius 3 is 2.93 bits per heavy atom. The molecule has 1 fully saturated rings. The zero-order valence-electron chi connectivity index (χ0n) is 15.8. The van der Waals surface area contributed by atoms with Gasteiger partial charge in [-0.15, -0.1) is 0 Å². The van der Waals surface area contributed by atoms with Gasteiger partial charge in [0.2, 0.25) is 0 Å². The second-order valence-electron chi connectivity index (χ2n) is 7.06. The standard InChI is InChI=1S/C20H22N8/c1-27-13-14(11-23-27)17-10-15-18(12-22-17)25-26-20(15)16-4-2-5-19(24-16)28-8-3-6-21-7-9-28/h2,4-5,10-13,21H,3,6-9H2,1H3,(H,25,26). The molecular formula is C20H22N8. The van der Waals surface area contributed by atoms with Gasteiger partial charge in [-0.1, -0.05) is 6.07 Å². The van der Waals surface area contributed by atoms with Crippen LogP contribution in [-0.2, 0) is 7.05 Å². The van der Waals surface area contributed by atoms with Crippen molar-refractivity contribution in [1.82, 2.24) is 35.3 Å². The van der Waals surface area contributed by atoms with E-state index in [1.165, 1.54) is 0 Å². The van der Waals surface area contributed by atoms with Gasteiger partial charge in [0.25, 0.3) is 0 Å². The Labute approximate surface area is 162 Å². The number of H-pyrrole nitrogens is 1. The fourth-order valence-electron chi connectivity index (χ4n) is 3.63. The predicted molar refractivity (Wildman–Crippen MR) is 109 cm³/mol. The van der Waals surface area contributed by atoms with Crippen LogP contribution in [0.25, 0.3) is 33.5 Å². The topological polar surface area (TPSA) is 87.5 Å². The molecule has 0 amide bonds. The van der Waals surface area contributed by atoms with Crippen molar-refractivity contribution < 1.29 is 0 Å². The Kier molecular flexibility index (Phi) is 4.25. The van der Waals surface area contributed by atoms with Gasteiger partial charge in [-0.3, -0.25) is 14.8 Å². The summed E-state index contributed by atoms with van der Waals surface area (Å²) in [6.07, 6.45) is 6.72. The number of fused-ring (bicyclic) bond motifs is 1. The summed E-state index contributed by atoms with van der Waals surface area (Å²) in [6.45, 7) is 4.02. The highest BCUT2D eigenvalue weighted by Gasteiger charge is 2.15. The van der Waals surface area contributed by atoms with E-state index in [9.17, 15) is 0 Å². The van der Waals surface area contributed by atoms with E-state index >= 15 is 0 Å². The quantitative estimate of drug-likeness (QED) is 0.572. The molecule has 1 aliphatic rings. The van der Waals surface area contributed by atoms with Crippen molar-refractivity contribution in [3.05, 3.63) is 42.9 Å². The number of nitrogens with zero attached hydrogens (tertiary/aromatic N) is 6. The molecule has 1 saturated heterocycles. The lowest BCUT2D eigenvalue weighted by molar-refractivity contribution is 0.724. The van der Waals surface area contributed by atoms with Gasteiger partial charge in [-0.25, -0.2) is 4.98 Å². The Morgan fingerprint density at radius 2 is 2.04 bits per heavy atom. The van der Waals surface area contributed by atoms with Crippen LogP contribution in [-0.4, -0.2) is 56.1 Å². The van der Waals surface area contributed by atoms with Crippen LogP contribution in [0.15, 0.2) is 42.9 Å². The van der Waals surface area contributed by atoms with Crippen molar-refractivity contribution in [2.75, 3.05) is 31.1 Å². The maximum absolute atomic E-state index is 4.92. The highest BCUT2D eigenvalue weighted by Crippen LogP contribution is 2.29. The highest BCUT2D eigenvalue weighted by atomic mass is 15.2. The van der Waals surface area contributed by atoms with E-state index in [4.69, 9.17) is 4.98 Å². The summed E-state index contributed by atoms with van der Waals surface area (Å²) in [6, 6.07) is 8.20. The minimum absolute atomic E-state index is 0.845. The Hall–Kier alpha value is -3.26. The number of pyridine rings is 2. The fourth-order valence-corrected chi connectivity index (χ4v) is 3.63. The third-order valence-corrected chi connectivity index (χ3v) is 5.09. The van der Waals surface area contributed by atoms with Gasteiger partial charge in [-0.05, 0) is 31.2 Å². The second-order valence-corrected chi connectivity index (χ2v) is 7.06. The molecule has 2 N–H and O–H groups in total. The summed E-state index contributed by atoms with van der Waals surface area (Å²) < 4.78 is 1.78. The highest BCUT2D eigenvalue weighted by molar-refractivity contribution is 5.93. The first-order valence-corrected chi connectivity index (χ1v) is 9.54. The molecule has 8 nitrogen and oxygen atoms in total. The number of rotatable bonds is 3. The summed E-state index contributed by atoms with van der Waals surface area (Å²) in [5.74, 6) is 0.999. The molecule has 0 spiro atoms. The molecule has 0 unspecified atom stereocenters. The SMILES string of the molecule is Cn1cc(-c2cc3c(-c4cccc(N5CCCNCC5)n4)n[nH]c3cn2)cn1. The number of aromatic nitrogens is 6. The van der Waals surface area contributed by atoms with E-state index in [2.05, 4.69) is 48.7 Å². The second kappa shape index (κ2) is 7.05. The maximum atomic E-state index is 4.92. The number of hydrogen-bond donors (Lipinski definition) is 2. The van der Waals surface area contributed by atoms with Gasteiger partial charge < -0.3 is 10.2 Å². The van der Waals surface area contributed by atoms with E-state index in [-0.39, 0.29) is 0 Å². The number of aromatic amines is 1. The zero-order chi connectivity index (χ0) is 18.9. The lowest BCUT2D eigenvalue weighted by Crippen LogP contribution is -2.28. The van der Waals surface area contributed by atoms with Crippen molar-refractivity contribution in [3.8, 4) is 22.6 Å². The van der Waals surface area contributed by atoms with Crippen LogP contribution in [0.3, 0.4) is 0 Å². The minimum atomic E-state index is 0.845. The van der Waals surface area contributed by atoms with Crippen molar-refractivity contribution in [2.45, 2.75) is 6.42 Å². The van der Waals surface area contributed by atoms with Crippen LogP contribution >= 0.6 is 0 Å². The van der Waals surface area contributed by atoms with Crippen molar-refractivity contribution in [2.24, 2.45) is 7.05 Å². The van der Waals surface area contributed by atoms with Gasteiger partial charge in [0, 0.05) is 43.8 Å². The fraction of sp³-hybridized carbons (Fsp3) is 0.300. The van der Waals surface area contributed by atoms with Gasteiger partial charge in [-0.2, -0.15) is 10.2 Å². The Morgan fingerprint density at radius 1 is 1.07 bits per heavy atom. The molecule has 4 aromatic heterocycles. The lowest BCUT2D eigenvalue weighted by atomic mass is 10.1. The predicted octanol–water partition coefficient (Wildman–Crippen LogP) is 2.22. The summed E-state index contributed by atoms with van der Waals surface area (Å²) in [5.41, 5.74) is 4.46. The molecule has 4 aromatic rings. The lowest BCUT2D eigenvalue weighted by Gasteiger charge is -2.21. The van der Waals surface area contributed by atoms with E-state index in [1.807, 2.05) is 31.7 Å². The first-order valence-electron chi connectivity index (χ1n) is 9.54. The van der Waals surface area contributed by atoms with Gasteiger partial charge in [0.15, 0.2) is 0 Å². The number of aryl methyl sites for hydroxylation is 1. The monoisotopic (exact) mass is 374 g/mol. The number of hydrogen-bond acceptors (Lipinski definition) is 6. The summed E-state index contributed by atoms with van der Waals surface area (Å²) >= 11 is 0. The van der Waals surface area contributed by atoms with Crippen molar-refractivity contribution in [3.63, 3.8) is 0 Å². The summed E-state index contributed by atoms with van der Waals surface area (Å²) in [5, 5.41) is 16.3. The number of nitrogens with one attached hydrogen (secondary N) is 2. The van der Waals surface area contributed by atoms with Crippen LogP contribution in [0.5, 0.6) is 0 Å². The van der Waals surface area contributed by atoms with Gasteiger partial charge in [0.1, 0.15) is 11.5 Å². The Bertz CT molecular complexity index is 1100. The Balaban J connectivity index is 1.54. The van der Waals surface area contributed by atoms with Crippen LogP contribution in [0.1, 0.15) is 6.42 Å². The molecule has 8 heteroatoms. The molecule has 0 bridgehead atoms. The molecule has 5 heterocycles. The molecule has 5 rings (SSSR count). The normalized spacial score (nSPS) is 15.1. The number of anilines is 1. The molecule has 142 valence electrons. The van der Waals surface area contributed by atoms with Crippen molar-refractivity contribution >= 4 is 16.7 Å². The van der Waals surface area contributed by atoms with Gasteiger partial charge in [0.05, 0.1) is 29.3 Å².